The molecule has 3 N–H and O–H groups in total. The maximum atomic E-state index is 5.34. The summed E-state index contributed by atoms with van der Waals surface area (Å²) in [6.07, 6.45) is 3.98. The quantitative estimate of drug-likeness (QED) is 0.721. The second-order valence-electron chi connectivity index (χ2n) is 6.59. The molecule has 1 fully saturated rings. The van der Waals surface area contributed by atoms with Crippen molar-refractivity contribution in [1.82, 2.24) is 25.9 Å². The highest BCUT2D eigenvalue weighted by molar-refractivity contribution is 5.31. The molecule has 1 aromatic heterocycles. The van der Waals surface area contributed by atoms with Crippen LogP contribution in [0.5, 0.6) is 5.75 Å². The van der Waals surface area contributed by atoms with Crippen molar-refractivity contribution in [2.24, 2.45) is 5.92 Å². The van der Waals surface area contributed by atoms with E-state index < -0.39 is 0 Å². The Balaban J connectivity index is 1.55. The van der Waals surface area contributed by atoms with E-state index in [1.54, 1.807) is 7.11 Å². The number of nitrogens with one attached hydrogen (secondary N) is 3. The van der Waals surface area contributed by atoms with Crippen molar-refractivity contribution in [3.05, 3.63) is 47.8 Å². The van der Waals surface area contributed by atoms with Crippen LogP contribution in [0.3, 0.4) is 0 Å². The van der Waals surface area contributed by atoms with Crippen LogP contribution in [-0.4, -0.2) is 36.0 Å². The number of benzene rings is 1. The van der Waals surface area contributed by atoms with Gasteiger partial charge < -0.3 is 10.1 Å². The summed E-state index contributed by atoms with van der Waals surface area (Å²) in [5, 5.41) is 7.99. The van der Waals surface area contributed by atoms with Crippen molar-refractivity contribution in [3.63, 3.8) is 0 Å². The molecule has 0 amide bonds. The van der Waals surface area contributed by atoms with Gasteiger partial charge in [0.2, 0.25) is 0 Å². The van der Waals surface area contributed by atoms with Gasteiger partial charge in [0, 0.05) is 31.2 Å². The Morgan fingerprint density at radius 1 is 1.46 bits per heavy atom. The number of hydrogen-bond donors (Lipinski definition) is 3. The van der Waals surface area contributed by atoms with Crippen LogP contribution >= 0.6 is 0 Å². The van der Waals surface area contributed by atoms with E-state index >= 15 is 0 Å². The lowest BCUT2D eigenvalue weighted by Gasteiger charge is -2.22. The normalized spacial score (nSPS) is 21.8. The lowest BCUT2D eigenvalue weighted by molar-refractivity contribution is 0.383. The molecular weight excluding hydrogens is 302 g/mol. The van der Waals surface area contributed by atoms with Crippen LogP contribution in [0.2, 0.25) is 0 Å². The molecule has 2 aromatic rings. The molecule has 3 rings (SSSR count). The number of hydrazine groups is 1. The number of ether oxygens (including phenoxy) is 1. The Kier molecular flexibility index (Phi) is 5.50. The number of nitrogens with zero attached hydrogens (tertiary/aromatic N) is 2. The Morgan fingerprint density at radius 3 is 3.08 bits per heavy atom. The molecule has 0 bridgehead atoms. The predicted octanol–water partition coefficient (Wildman–Crippen LogP) is 1.64. The lowest BCUT2D eigenvalue weighted by atomic mass is 9.94. The summed E-state index contributed by atoms with van der Waals surface area (Å²) < 4.78 is 7.34. The largest absolute Gasteiger partial charge is 0.497 e. The number of methoxy groups -OCH3 is 1. The maximum Gasteiger partial charge on any atom is 0.119 e. The highest BCUT2D eigenvalue weighted by atomic mass is 16.5. The zero-order valence-electron chi connectivity index (χ0n) is 14.6. The Hall–Kier alpha value is -1.89. The van der Waals surface area contributed by atoms with Gasteiger partial charge in [-0.1, -0.05) is 12.1 Å². The molecule has 130 valence electrons. The number of aryl methyl sites for hydroxylation is 1. The molecule has 1 aromatic carbocycles. The van der Waals surface area contributed by atoms with Gasteiger partial charge in [0.25, 0.3) is 0 Å². The third kappa shape index (κ3) is 4.14. The van der Waals surface area contributed by atoms with Gasteiger partial charge in [0.1, 0.15) is 5.75 Å². The van der Waals surface area contributed by atoms with E-state index in [4.69, 9.17) is 4.74 Å². The molecule has 3 atom stereocenters. The summed E-state index contributed by atoms with van der Waals surface area (Å²) >= 11 is 0. The van der Waals surface area contributed by atoms with Gasteiger partial charge in [0.05, 0.1) is 25.9 Å². The first kappa shape index (κ1) is 17.0. The van der Waals surface area contributed by atoms with Crippen LogP contribution in [0.1, 0.15) is 24.1 Å². The minimum Gasteiger partial charge on any atom is -0.497 e. The fourth-order valence-corrected chi connectivity index (χ4v) is 3.18. The van der Waals surface area contributed by atoms with Crippen molar-refractivity contribution in [2.45, 2.75) is 32.5 Å². The van der Waals surface area contributed by atoms with E-state index in [-0.39, 0.29) is 6.04 Å². The molecule has 6 heteroatoms. The van der Waals surface area contributed by atoms with Gasteiger partial charge >= 0.3 is 0 Å². The van der Waals surface area contributed by atoms with Crippen molar-refractivity contribution in [1.29, 1.82) is 0 Å². The van der Waals surface area contributed by atoms with Crippen LogP contribution in [0.25, 0.3) is 0 Å². The molecule has 1 saturated heterocycles. The van der Waals surface area contributed by atoms with Gasteiger partial charge in [-0.15, -0.1) is 0 Å². The minimum atomic E-state index is 0.284. The fourth-order valence-electron chi connectivity index (χ4n) is 3.18. The zero-order chi connectivity index (χ0) is 16.9. The first-order valence-electron chi connectivity index (χ1n) is 8.50. The third-order valence-electron chi connectivity index (χ3n) is 4.50. The molecule has 24 heavy (non-hydrogen) atoms. The number of hydrogen-bond acceptors (Lipinski definition) is 5. The highest BCUT2D eigenvalue weighted by Crippen LogP contribution is 2.27. The molecular formula is C18H27N5O. The lowest BCUT2D eigenvalue weighted by Crippen LogP contribution is -2.36. The van der Waals surface area contributed by atoms with E-state index in [0.717, 1.165) is 25.4 Å². The van der Waals surface area contributed by atoms with Crippen molar-refractivity contribution >= 4 is 0 Å². The Morgan fingerprint density at radius 2 is 2.33 bits per heavy atom. The SMILES string of the molecule is COc1cccc(C2NNCC2CNC(C)Cn2cc(C)cn2)c1. The van der Waals surface area contributed by atoms with Crippen LogP contribution in [0.4, 0.5) is 0 Å². The third-order valence-corrected chi connectivity index (χ3v) is 4.50. The summed E-state index contributed by atoms with van der Waals surface area (Å²) in [5.74, 6) is 1.38. The van der Waals surface area contributed by atoms with Gasteiger partial charge in [-0.05, 0) is 37.1 Å². The van der Waals surface area contributed by atoms with E-state index in [1.807, 2.05) is 23.0 Å². The molecule has 0 saturated carbocycles. The van der Waals surface area contributed by atoms with Crippen LogP contribution in [0.15, 0.2) is 36.7 Å². The Bertz CT molecular complexity index is 656. The summed E-state index contributed by atoms with van der Waals surface area (Å²) in [7, 11) is 1.71. The maximum absolute atomic E-state index is 5.34. The molecule has 0 radical (unpaired) electrons. The van der Waals surface area contributed by atoms with Crippen LogP contribution in [0, 0.1) is 12.8 Å². The topological polar surface area (TPSA) is 63.1 Å². The second kappa shape index (κ2) is 7.79. The average Bonchev–Trinajstić information content (AvgIpc) is 3.22. The van der Waals surface area contributed by atoms with E-state index in [0.29, 0.717) is 12.0 Å². The summed E-state index contributed by atoms with van der Waals surface area (Å²) in [5.41, 5.74) is 9.12. The first-order chi connectivity index (χ1) is 11.7. The monoisotopic (exact) mass is 329 g/mol. The summed E-state index contributed by atoms with van der Waals surface area (Å²) in [6.45, 7) is 7.04. The first-order valence-corrected chi connectivity index (χ1v) is 8.50. The molecule has 3 unspecified atom stereocenters. The van der Waals surface area contributed by atoms with E-state index in [1.165, 1.54) is 11.1 Å². The molecule has 2 heterocycles. The van der Waals surface area contributed by atoms with Crippen molar-refractivity contribution in [2.75, 3.05) is 20.2 Å². The molecule has 6 nitrogen and oxygen atoms in total. The van der Waals surface area contributed by atoms with Gasteiger partial charge in [-0.3, -0.25) is 10.1 Å². The van der Waals surface area contributed by atoms with E-state index in [9.17, 15) is 0 Å². The van der Waals surface area contributed by atoms with Crippen LogP contribution < -0.4 is 20.9 Å². The smallest absolute Gasteiger partial charge is 0.119 e. The van der Waals surface area contributed by atoms with Gasteiger partial charge in [0.15, 0.2) is 0 Å². The fraction of sp³-hybridized carbons (Fsp3) is 0.500. The summed E-state index contributed by atoms with van der Waals surface area (Å²) in [6, 6.07) is 8.93. The van der Waals surface area contributed by atoms with Gasteiger partial charge in [-0.2, -0.15) is 5.10 Å². The van der Waals surface area contributed by atoms with Crippen LogP contribution in [-0.2, 0) is 6.54 Å². The molecule has 1 aliphatic heterocycles. The second-order valence-corrected chi connectivity index (χ2v) is 6.59. The number of aromatic nitrogens is 2. The minimum absolute atomic E-state index is 0.284. The Labute approximate surface area is 143 Å². The predicted molar refractivity (Wildman–Crippen MR) is 94.8 cm³/mol. The van der Waals surface area contributed by atoms with Crippen molar-refractivity contribution < 1.29 is 4.74 Å². The molecule has 0 spiro atoms. The highest BCUT2D eigenvalue weighted by Gasteiger charge is 2.28. The summed E-state index contributed by atoms with van der Waals surface area (Å²) in [4.78, 5) is 0. The van der Waals surface area contributed by atoms with Crippen molar-refractivity contribution in [3.8, 4) is 5.75 Å². The average molecular weight is 329 g/mol. The standard InChI is InChI=1S/C18H27N5O/c1-13-8-21-23(11-13)12-14(2)19-9-16-10-20-22-18(16)15-5-4-6-17(7-15)24-3/h4-8,11,14,16,18-20,22H,9-10,12H2,1-3H3. The zero-order valence-corrected chi connectivity index (χ0v) is 14.6. The van der Waals surface area contributed by atoms with E-state index in [2.05, 4.69) is 53.4 Å². The van der Waals surface area contributed by atoms with Gasteiger partial charge in [-0.25, -0.2) is 5.43 Å². The molecule has 0 aliphatic carbocycles. The molecule has 1 aliphatic rings. The number of rotatable bonds is 7.